The molecule has 1 saturated carbocycles. The number of rotatable bonds is 3. The summed E-state index contributed by atoms with van der Waals surface area (Å²) in [6, 6.07) is 1.88. The zero-order chi connectivity index (χ0) is 11.5. The Labute approximate surface area is 103 Å². The summed E-state index contributed by atoms with van der Waals surface area (Å²) in [6.07, 6.45) is 4.72. The highest BCUT2D eigenvalue weighted by atomic mass is 79.9. The molecule has 1 fully saturated rings. The molecule has 3 N–H and O–H groups in total. The number of hydrogen-bond donors (Lipinski definition) is 2. The molecule has 5 heteroatoms. The minimum atomic E-state index is -0.0835. The average Bonchev–Trinajstić information content (AvgIpc) is 2.86. The van der Waals surface area contributed by atoms with Crippen molar-refractivity contribution in [1.82, 2.24) is 5.32 Å². The molecule has 0 spiro atoms. The van der Waals surface area contributed by atoms with Crippen LogP contribution in [0.5, 0.6) is 0 Å². The molecule has 0 radical (unpaired) electrons. The fraction of sp³-hybridized carbons (Fsp3) is 0.545. The van der Waals surface area contributed by atoms with Crippen molar-refractivity contribution >= 4 is 21.8 Å². The first-order chi connectivity index (χ1) is 7.70. The van der Waals surface area contributed by atoms with Crippen LogP contribution in [0, 0.1) is 5.92 Å². The third-order valence-corrected chi connectivity index (χ3v) is 3.52. The average molecular weight is 287 g/mol. The van der Waals surface area contributed by atoms with E-state index in [0.717, 1.165) is 19.3 Å². The highest BCUT2D eigenvalue weighted by Crippen LogP contribution is 2.25. The lowest BCUT2D eigenvalue weighted by Gasteiger charge is -2.18. The van der Waals surface area contributed by atoms with Crippen molar-refractivity contribution < 1.29 is 9.21 Å². The fourth-order valence-electron chi connectivity index (χ4n) is 2.19. The van der Waals surface area contributed by atoms with E-state index >= 15 is 0 Å². The Morgan fingerprint density at radius 2 is 2.44 bits per heavy atom. The van der Waals surface area contributed by atoms with Gasteiger partial charge in [-0.2, -0.15) is 0 Å². The summed E-state index contributed by atoms with van der Waals surface area (Å²) in [6.45, 7) is 0.639. The van der Waals surface area contributed by atoms with E-state index in [-0.39, 0.29) is 11.9 Å². The van der Waals surface area contributed by atoms with Gasteiger partial charge in [0, 0.05) is 12.1 Å². The molecule has 1 amide bonds. The van der Waals surface area contributed by atoms with Gasteiger partial charge < -0.3 is 15.5 Å². The van der Waals surface area contributed by atoms with Crippen molar-refractivity contribution in [2.24, 2.45) is 11.7 Å². The summed E-state index contributed by atoms with van der Waals surface area (Å²) in [5.41, 5.74) is 6.22. The van der Waals surface area contributed by atoms with E-state index in [1.54, 1.807) is 6.07 Å². The Bertz CT molecular complexity index is 378. The van der Waals surface area contributed by atoms with Gasteiger partial charge >= 0.3 is 0 Å². The molecule has 0 aromatic carbocycles. The highest BCUT2D eigenvalue weighted by molar-refractivity contribution is 9.10. The van der Waals surface area contributed by atoms with Crippen LogP contribution in [0.1, 0.15) is 29.6 Å². The van der Waals surface area contributed by atoms with Crippen molar-refractivity contribution in [3.05, 3.63) is 22.6 Å². The maximum absolute atomic E-state index is 11.8. The molecule has 1 aromatic heterocycles. The fourth-order valence-corrected chi connectivity index (χ4v) is 2.53. The second kappa shape index (κ2) is 5.01. The number of nitrogens with one attached hydrogen (secondary N) is 1. The number of carbonyl (C=O) groups excluding carboxylic acids is 1. The number of carbonyl (C=O) groups is 1. The van der Waals surface area contributed by atoms with E-state index in [4.69, 9.17) is 10.2 Å². The van der Waals surface area contributed by atoms with E-state index in [1.807, 2.05) is 0 Å². The van der Waals surface area contributed by atoms with Gasteiger partial charge in [0.05, 0.1) is 5.56 Å². The van der Waals surface area contributed by atoms with Crippen molar-refractivity contribution in [3.63, 3.8) is 0 Å². The first kappa shape index (κ1) is 11.7. The largest absolute Gasteiger partial charge is 0.457 e. The van der Waals surface area contributed by atoms with Crippen molar-refractivity contribution in [2.75, 3.05) is 6.54 Å². The molecule has 88 valence electrons. The van der Waals surface area contributed by atoms with Crippen LogP contribution in [0.3, 0.4) is 0 Å². The Morgan fingerprint density at radius 3 is 3.06 bits per heavy atom. The number of amides is 1. The summed E-state index contributed by atoms with van der Waals surface area (Å²) in [4.78, 5) is 11.8. The Morgan fingerprint density at radius 1 is 1.62 bits per heavy atom. The van der Waals surface area contributed by atoms with E-state index in [2.05, 4.69) is 21.2 Å². The first-order valence-electron chi connectivity index (χ1n) is 5.45. The lowest BCUT2D eigenvalue weighted by Crippen LogP contribution is -2.39. The Balaban J connectivity index is 1.97. The molecule has 1 aliphatic carbocycles. The van der Waals surface area contributed by atoms with Gasteiger partial charge in [-0.3, -0.25) is 4.79 Å². The smallest absolute Gasteiger partial charge is 0.254 e. The number of furan rings is 1. The molecule has 2 unspecified atom stereocenters. The van der Waals surface area contributed by atoms with Gasteiger partial charge in [-0.15, -0.1) is 0 Å². The van der Waals surface area contributed by atoms with Crippen molar-refractivity contribution in [2.45, 2.75) is 25.3 Å². The predicted octanol–water partition coefficient (Wildman–Crippen LogP) is 1.90. The normalized spacial score (nSPS) is 24.6. The molecule has 1 aliphatic rings. The van der Waals surface area contributed by atoms with Crippen molar-refractivity contribution in [1.29, 1.82) is 0 Å². The molecule has 0 bridgehead atoms. The molecule has 16 heavy (non-hydrogen) atoms. The van der Waals surface area contributed by atoms with Crippen LogP contribution in [-0.4, -0.2) is 18.5 Å². The standard InChI is InChI=1S/C11H15BrN2O2/c12-10-4-8(6-16-10)11(15)14-9-3-1-2-7(9)5-13/h4,6-7,9H,1-3,5,13H2,(H,14,15). The van der Waals surface area contributed by atoms with E-state index in [1.165, 1.54) is 6.26 Å². The lowest BCUT2D eigenvalue weighted by atomic mass is 10.0. The maximum Gasteiger partial charge on any atom is 0.254 e. The number of nitrogens with two attached hydrogens (primary N) is 1. The first-order valence-corrected chi connectivity index (χ1v) is 6.25. The zero-order valence-corrected chi connectivity index (χ0v) is 10.5. The molecular formula is C11H15BrN2O2. The molecule has 1 heterocycles. The van der Waals surface area contributed by atoms with Gasteiger partial charge in [0.25, 0.3) is 5.91 Å². The Hall–Kier alpha value is -0.810. The van der Waals surface area contributed by atoms with Crippen LogP contribution in [0.25, 0.3) is 0 Å². The molecular weight excluding hydrogens is 272 g/mol. The van der Waals surface area contributed by atoms with Crippen LogP contribution >= 0.6 is 15.9 Å². The number of halogens is 1. The lowest BCUT2D eigenvalue weighted by molar-refractivity contribution is 0.0928. The minimum absolute atomic E-state index is 0.0835. The van der Waals surface area contributed by atoms with Gasteiger partial charge in [-0.25, -0.2) is 0 Å². The van der Waals surface area contributed by atoms with Gasteiger partial charge in [0.15, 0.2) is 4.67 Å². The molecule has 2 atom stereocenters. The van der Waals surface area contributed by atoms with Crippen molar-refractivity contribution in [3.8, 4) is 0 Å². The van der Waals surface area contributed by atoms with Crippen LogP contribution in [0.4, 0.5) is 0 Å². The molecule has 1 aromatic rings. The molecule has 2 rings (SSSR count). The summed E-state index contributed by atoms with van der Waals surface area (Å²) >= 11 is 3.17. The zero-order valence-electron chi connectivity index (χ0n) is 8.91. The predicted molar refractivity (Wildman–Crippen MR) is 64.1 cm³/mol. The third-order valence-electron chi connectivity index (χ3n) is 3.11. The van der Waals surface area contributed by atoms with Gasteiger partial charge in [-0.05, 0) is 41.2 Å². The molecule has 0 aliphatic heterocycles. The Kier molecular flexibility index (Phi) is 3.66. The van der Waals surface area contributed by atoms with E-state index in [9.17, 15) is 4.79 Å². The van der Waals surface area contributed by atoms with Gasteiger partial charge in [0.1, 0.15) is 6.26 Å². The van der Waals surface area contributed by atoms with Crippen LogP contribution in [0.15, 0.2) is 21.4 Å². The van der Waals surface area contributed by atoms with Gasteiger partial charge in [-0.1, -0.05) is 6.42 Å². The molecule has 4 nitrogen and oxygen atoms in total. The van der Waals surface area contributed by atoms with E-state index < -0.39 is 0 Å². The summed E-state index contributed by atoms with van der Waals surface area (Å²) < 4.78 is 5.60. The maximum atomic E-state index is 11.8. The summed E-state index contributed by atoms with van der Waals surface area (Å²) in [5, 5.41) is 3.01. The van der Waals surface area contributed by atoms with Gasteiger partial charge in [0.2, 0.25) is 0 Å². The highest BCUT2D eigenvalue weighted by Gasteiger charge is 2.27. The number of hydrogen-bond acceptors (Lipinski definition) is 3. The topological polar surface area (TPSA) is 68.3 Å². The summed E-state index contributed by atoms with van der Waals surface area (Å²) in [5.74, 6) is 0.332. The third kappa shape index (κ3) is 2.47. The van der Waals surface area contributed by atoms with Crippen LogP contribution in [0.2, 0.25) is 0 Å². The molecule has 0 saturated heterocycles. The SMILES string of the molecule is NCC1CCCC1NC(=O)c1coc(Br)c1. The quantitative estimate of drug-likeness (QED) is 0.892. The van der Waals surface area contributed by atoms with Crippen LogP contribution < -0.4 is 11.1 Å². The monoisotopic (exact) mass is 286 g/mol. The second-order valence-electron chi connectivity index (χ2n) is 4.15. The van der Waals surface area contributed by atoms with E-state index in [0.29, 0.717) is 22.7 Å². The minimum Gasteiger partial charge on any atom is -0.457 e. The van der Waals surface area contributed by atoms with Crippen LogP contribution in [-0.2, 0) is 0 Å². The second-order valence-corrected chi connectivity index (χ2v) is 4.93. The summed E-state index contributed by atoms with van der Waals surface area (Å²) in [7, 11) is 0.